The summed E-state index contributed by atoms with van der Waals surface area (Å²) in [6, 6.07) is 0. The van der Waals surface area contributed by atoms with Gasteiger partial charge in [0, 0.05) is 0 Å². The Bertz CT molecular complexity index is 403. The molecule has 0 aliphatic heterocycles. The zero-order valence-electron chi connectivity index (χ0n) is 12.0. The van der Waals surface area contributed by atoms with Gasteiger partial charge in [0.05, 0.1) is 0 Å². The summed E-state index contributed by atoms with van der Waals surface area (Å²) in [5.41, 5.74) is 0. The summed E-state index contributed by atoms with van der Waals surface area (Å²) in [4.78, 5) is 0. The molecule has 20 heavy (non-hydrogen) atoms. The SMILES string of the molecule is C=C[C@H](O)C#CC#C[C@@H](O)[C@H](O)/C=C/CCCCCC. The first-order valence-electron chi connectivity index (χ1n) is 6.96. The highest BCUT2D eigenvalue weighted by Crippen LogP contribution is 2.04. The summed E-state index contributed by atoms with van der Waals surface area (Å²) >= 11 is 0. The van der Waals surface area contributed by atoms with Crippen LogP contribution in [-0.4, -0.2) is 33.6 Å². The fourth-order valence-corrected chi connectivity index (χ4v) is 1.39. The molecular formula is C17H24O3. The second-order valence-corrected chi connectivity index (χ2v) is 4.43. The number of aliphatic hydroxyl groups is 3. The maximum atomic E-state index is 9.62. The normalized spacial score (nSPS) is 14.6. The summed E-state index contributed by atoms with van der Waals surface area (Å²) < 4.78 is 0. The van der Waals surface area contributed by atoms with Crippen molar-refractivity contribution in [1.29, 1.82) is 0 Å². The van der Waals surface area contributed by atoms with Crippen LogP contribution in [0.2, 0.25) is 0 Å². The van der Waals surface area contributed by atoms with Crippen LogP contribution in [0.1, 0.15) is 39.0 Å². The third-order valence-corrected chi connectivity index (χ3v) is 2.61. The lowest BCUT2D eigenvalue weighted by atomic mass is 10.1. The molecule has 0 aliphatic rings. The molecule has 110 valence electrons. The van der Waals surface area contributed by atoms with Gasteiger partial charge in [0.25, 0.3) is 0 Å². The lowest BCUT2D eigenvalue weighted by molar-refractivity contribution is 0.0868. The summed E-state index contributed by atoms with van der Waals surface area (Å²) in [6.07, 6.45) is 7.16. The van der Waals surface area contributed by atoms with Crippen LogP contribution in [0.25, 0.3) is 0 Å². The molecule has 3 N–H and O–H groups in total. The smallest absolute Gasteiger partial charge is 0.145 e. The maximum Gasteiger partial charge on any atom is 0.145 e. The van der Waals surface area contributed by atoms with Crippen LogP contribution in [0.4, 0.5) is 0 Å². The molecule has 0 rings (SSSR count). The van der Waals surface area contributed by atoms with Crippen LogP contribution in [0.3, 0.4) is 0 Å². The van der Waals surface area contributed by atoms with E-state index in [9.17, 15) is 10.2 Å². The van der Waals surface area contributed by atoms with Crippen molar-refractivity contribution >= 4 is 0 Å². The Morgan fingerprint density at radius 2 is 1.75 bits per heavy atom. The molecular weight excluding hydrogens is 252 g/mol. The van der Waals surface area contributed by atoms with Crippen molar-refractivity contribution in [2.24, 2.45) is 0 Å². The van der Waals surface area contributed by atoms with Crippen molar-refractivity contribution in [1.82, 2.24) is 0 Å². The Morgan fingerprint density at radius 1 is 1.05 bits per heavy atom. The lowest BCUT2D eigenvalue weighted by Gasteiger charge is -2.06. The molecule has 0 saturated heterocycles. The van der Waals surface area contributed by atoms with Crippen LogP contribution in [-0.2, 0) is 0 Å². The Hall–Kier alpha value is -1.52. The van der Waals surface area contributed by atoms with Gasteiger partial charge in [0.2, 0.25) is 0 Å². The molecule has 0 unspecified atom stereocenters. The Balaban J connectivity index is 4.04. The summed E-state index contributed by atoms with van der Waals surface area (Å²) in [5, 5.41) is 28.2. The first-order chi connectivity index (χ1) is 9.61. The minimum atomic E-state index is -1.17. The minimum Gasteiger partial charge on any atom is -0.385 e. The molecule has 3 heteroatoms. The van der Waals surface area contributed by atoms with Gasteiger partial charge in [-0.25, -0.2) is 0 Å². The number of allylic oxidation sites excluding steroid dienone is 1. The number of hydrogen-bond acceptors (Lipinski definition) is 3. The van der Waals surface area contributed by atoms with Crippen LogP contribution < -0.4 is 0 Å². The van der Waals surface area contributed by atoms with Gasteiger partial charge in [-0.3, -0.25) is 0 Å². The zero-order valence-corrected chi connectivity index (χ0v) is 12.0. The quantitative estimate of drug-likeness (QED) is 0.360. The fraction of sp³-hybridized carbons (Fsp3) is 0.529. The topological polar surface area (TPSA) is 60.7 Å². The standard InChI is InChI=1S/C17H24O3/c1-3-5-6-7-8-9-13-16(19)17(20)14-11-10-12-15(18)4-2/h4,9,13,15-20H,2-3,5-8H2,1H3/b13-9+/t15-,16+,17+/m0/s1. The molecule has 0 bridgehead atoms. The van der Waals surface area contributed by atoms with Crippen molar-refractivity contribution in [3.8, 4) is 23.7 Å². The maximum absolute atomic E-state index is 9.62. The molecule has 0 radical (unpaired) electrons. The number of unbranched alkanes of at least 4 members (excludes halogenated alkanes) is 4. The minimum absolute atomic E-state index is 0.891. The van der Waals surface area contributed by atoms with Gasteiger partial charge in [0.1, 0.15) is 18.3 Å². The Morgan fingerprint density at radius 3 is 2.40 bits per heavy atom. The fourth-order valence-electron chi connectivity index (χ4n) is 1.39. The molecule has 0 aromatic heterocycles. The van der Waals surface area contributed by atoms with Gasteiger partial charge in [-0.05, 0) is 24.7 Å². The largest absolute Gasteiger partial charge is 0.385 e. The van der Waals surface area contributed by atoms with Crippen molar-refractivity contribution in [3.63, 3.8) is 0 Å². The first kappa shape index (κ1) is 18.5. The highest BCUT2D eigenvalue weighted by molar-refractivity contribution is 5.30. The number of aliphatic hydroxyl groups excluding tert-OH is 3. The molecule has 0 aromatic carbocycles. The van der Waals surface area contributed by atoms with Crippen LogP contribution in [0.5, 0.6) is 0 Å². The van der Waals surface area contributed by atoms with Gasteiger partial charge in [-0.1, -0.05) is 62.8 Å². The summed E-state index contributed by atoms with van der Waals surface area (Å²) in [5.74, 6) is 9.58. The highest BCUT2D eigenvalue weighted by atomic mass is 16.3. The highest BCUT2D eigenvalue weighted by Gasteiger charge is 2.08. The number of hydrogen-bond donors (Lipinski definition) is 3. The summed E-state index contributed by atoms with van der Waals surface area (Å²) in [6.45, 7) is 5.52. The van der Waals surface area contributed by atoms with Gasteiger partial charge in [-0.15, -0.1) is 0 Å². The molecule has 0 aromatic rings. The second-order valence-electron chi connectivity index (χ2n) is 4.43. The molecule has 0 amide bonds. The van der Waals surface area contributed by atoms with Gasteiger partial charge in [-0.2, -0.15) is 0 Å². The first-order valence-corrected chi connectivity index (χ1v) is 6.96. The van der Waals surface area contributed by atoms with E-state index in [0.29, 0.717) is 0 Å². The molecule has 0 fully saturated rings. The molecule has 3 nitrogen and oxygen atoms in total. The van der Waals surface area contributed by atoms with E-state index < -0.39 is 18.3 Å². The van der Waals surface area contributed by atoms with E-state index in [2.05, 4.69) is 37.2 Å². The van der Waals surface area contributed by atoms with E-state index in [4.69, 9.17) is 5.11 Å². The number of rotatable bonds is 8. The van der Waals surface area contributed by atoms with Gasteiger partial charge in [0.15, 0.2) is 0 Å². The van der Waals surface area contributed by atoms with Gasteiger partial charge < -0.3 is 15.3 Å². The third-order valence-electron chi connectivity index (χ3n) is 2.61. The van der Waals surface area contributed by atoms with E-state index in [1.165, 1.54) is 25.3 Å². The average molecular weight is 276 g/mol. The molecule has 0 aliphatic carbocycles. The van der Waals surface area contributed by atoms with E-state index >= 15 is 0 Å². The van der Waals surface area contributed by atoms with Crippen LogP contribution in [0, 0.1) is 23.7 Å². The van der Waals surface area contributed by atoms with E-state index in [-0.39, 0.29) is 0 Å². The molecule has 0 spiro atoms. The zero-order chi connectivity index (χ0) is 15.2. The Kier molecular flexibility index (Phi) is 11.6. The Labute approximate surface area is 122 Å². The lowest BCUT2D eigenvalue weighted by Crippen LogP contribution is -2.21. The van der Waals surface area contributed by atoms with Crippen LogP contribution >= 0.6 is 0 Å². The molecule has 0 saturated carbocycles. The van der Waals surface area contributed by atoms with Gasteiger partial charge >= 0.3 is 0 Å². The van der Waals surface area contributed by atoms with Crippen molar-refractivity contribution in [2.45, 2.75) is 57.3 Å². The average Bonchev–Trinajstić information content (AvgIpc) is 2.46. The molecule has 3 atom stereocenters. The second kappa shape index (κ2) is 12.5. The van der Waals surface area contributed by atoms with E-state index in [0.717, 1.165) is 12.8 Å². The monoisotopic (exact) mass is 276 g/mol. The van der Waals surface area contributed by atoms with Crippen LogP contribution in [0.15, 0.2) is 24.8 Å². The van der Waals surface area contributed by atoms with Crippen molar-refractivity contribution in [2.75, 3.05) is 0 Å². The van der Waals surface area contributed by atoms with E-state index in [1.807, 2.05) is 6.08 Å². The third kappa shape index (κ3) is 10.4. The van der Waals surface area contributed by atoms with Crippen molar-refractivity contribution < 1.29 is 15.3 Å². The summed E-state index contributed by atoms with van der Waals surface area (Å²) in [7, 11) is 0. The van der Waals surface area contributed by atoms with Crippen molar-refractivity contribution in [3.05, 3.63) is 24.8 Å². The van der Waals surface area contributed by atoms with E-state index in [1.54, 1.807) is 6.08 Å². The predicted octanol–water partition coefficient (Wildman–Crippen LogP) is 1.79. The predicted molar refractivity (Wildman–Crippen MR) is 81.7 cm³/mol. The molecule has 0 heterocycles.